The highest BCUT2D eigenvalue weighted by molar-refractivity contribution is 5.96. The van der Waals surface area contributed by atoms with Crippen LogP contribution in [0.15, 0.2) is 12.1 Å². The largest absolute Gasteiger partial charge is 0.326 e. The lowest BCUT2D eigenvalue weighted by Gasteiger charge is -2.19. The Morgan fingerprint density at radius 3 is 2.91 bits per heavy atom. The van der Waals surface area contributed by atoms with Crippen LogP contribution in [0.2, 0.25) is 0 Å². The first-order valence-electron chi connectivity index (χ1n) is 7.27. The molecule has 120 valence electrons. The number of carbonyl (C=O) groups excluding carboxylic acids is 2. The molecule has 1 aromatic carbocycles. The monoisotopic (exact) mass is 327 g/mol. The van der Waals surface area contributed by atoms with E-state index in [4.69, 9.17) is 0 Å². The van der Waals surface area contributed by atoms with E-state index in [9.17, 15) is 14.0 Å². The molecule has 0 aromatic heterocycles. The lowest BCUT2D eigenvalue weighted by Crippen LogP contribution is -2.28. The third kappa shape index (κ3) is 3.75. The zero-order chi connectivity index (χ0) is 14.8. The summed E-state index contributed by atoms with van der Waals surface area (Å²) in [5.74, 6) is -0.755. The van der Waals surface area contributed by atoms with Crippen LogP contribution in [0, 0.1) is 5.82 Å². The van der Waals surface area contributed by atoms with Crippen LogP contribution in [-0.2, 0) is 16.0 Å². The quantitative estimate of drug-likeness (QED) is 0.797. The van der Waals surface area contributed by atoms with Crippen molar-refractivity contribution in [1.82, 2.24) is 5.32 Å². The lowest BCUT2D eigenvalue weighted by atomic mass is 10.0. The average molecular weight is 328 g/mol. The summed E-state index contributed by atoms with van der Waals surface area (Å²) in [5, 5.41) is 8.53. The normalized spacial score (nSPS) is 19.9. The second-order valence-corrected chi connectivity index (χ2v) is 5.58. The molecule has 3 rings (SSSR count). The maximum atomic E-state index is 14.0. The summed E-state index contributed by atoms with van der Waals surface area (Å²) in [6.07, 6.45) is 3.26. The highest BCUT2D eigenvalue weighted by Crippen LogP contribution is 2.28. The Bertz CT molecular complexity index is 588. The van der Waals surface area contributed by atoms with Gasteiger partial charge < -0.3 is 16.0 Å². The standard InChI is InChI=1S/C15H18FN3O2.ClH/c16-11-6-9-3-4-14(20)18-12(9)8-13(11)19-15(21)7-10-2-1-5-17-10;/h6,8,10,17H,1-5,7H2,(H,18,20)(H,19,21);1H. The number of benzene rings is 1. The lowest BCUT2D eigenvalue weighted by molar-refractivity contribution is -0.117. The van der Waals surface area contributed by atoms with Crippen molar-refractivity contribution in [2.45, 2.75) is 38.1 Å². The van der Waals surface area contributed by atoms with Crippen LogP contribution < -0.4 is 16.0 Å². The van der Waals surface area contributed by atoms with Crippen molar-refractivity contribution in [3.8, 4) is 0 Å². The fraction of sp³-hybridized carbons (Fsp3) is 0.467. The Labute approximate surface area is 134 Å². The molecule has 1 fully saturated rings. The van der Waals surface area contributed by atoms with Crippen LogP contribution in [0.5, 0.6) is 0 Å². The van der Waals surface area contributed by atoms with E-state index in [0.29, 0.717) is 24.9 Å². The van der Waals surface area contributed by atoms with Gasteiger partial charge in [-0.15, -0.1) is 12.4 Å². The second-order valence-electron chi connectivity index (χ2n) is 5.58. The van der Waals surface area contributed by atoms with E-state index in [-0.39, 0.29) is 36.0 Å². The topological polar surface area (TPSA) is 70.2 Å². The summed E-state index contributed by atoms with van der Waals surface area (Å²) in [5.41, 5.74) is 1.48. The van der Waals surface area contributed by atoms with Crippen molar-refractivity contribution in [3.63, 3.8) is 0 Å². The Balaban J connectivity index is 0.00000176. The molecule has 1 unspecified atom stereocenters. The van der Waals surface area contributed by atoms with E-state index >= 15 is 0 Å². The van der Waals surface area contributed by atoms with Gasteiger partial charge in [0.25, 0.3) is 0 Å². The van der Waals surface area contributed by atoms with Crippen LogP contribution in [0.4, 0.5) is 15.8 Å². The summed E-state index contributed by atoms with van der Waals surface area (Å²) >= 11 is 0. The van der Waals surface area contributed by atoms with Gasteiger partial charge in [0.1, 0.15) is 5.82 Å². The van der Waals surface area contributed by atoms with Crippen molar-refractivity contribution in [2.75, 3.05) is 17.2 Å². The van der Waals surface area contributed by atoms with E-state index in [1.54, 1.807) is 0 Å². The van der Waals surface area contributed by atoms with Crippen molar-refractivity contribution >= 4 is 35.6 Å². The molecular formula is C15H19ClFN3O2. The van der Waals surface area contributed by atoms with Gasteiger partial charge in [0.2, 0.25) is 11.8 Å². The predicted octanol–water partition coefficient (Wildman–Crippen LogP) is 2.21. The van der Waals surface area contributed by atoms with E-state index < -0.39 is 5.82 Å². The predicted molar refractivity (Wildman–Crippen MR) is 84.9 cm³/mol. The fourth-order valence-electron chi connectivity index (χ4n) is 2.85. The van der Waals surface area contributed by atoms with E-state index in [0.717, 1.165) is 24.9 Å². The highest BCUT2D eigenvalue weighted by Gasteiger charge is 2.21. The van der Waals surface area contributed by atoms with Gasteiger partial charge in [-0.2, -0.15) is 0 Å². The summed E-state index contributed by atoms with van der Waals surface area (Å²) in [6.45, 7) is 0.928. The van der Waals surface area contributed by atoms with Gasteiger partial charge in [-0.25, -0.2) is 4.39 Å². The molecule has 0 radical (unpaired) electrons. The molecule has 3 N–H and O–H groups in total. The van der Waals surface area contributed by atoms with Crippen LogP contribution in [-0.4, -0.2) is 24.4 Å². The maximum absolute atomic E-state index is 14.0. The first-order valence-corrected chi connectivity index (χ1v) is 7.27. The van der Waals surface area contributed by atoms with Gasteiger partial charge in [-0.3, -0.25) is 9.59 Å². The molecule has 1 aromatic rings. The molecule has 1 atom stereocenters. The molecule has 2 aliphatic heterocycles. The van der Waals surface area contributed by atoms with Gasteiger partial charge in [-0.05, 0) is 43.5 Å². The summed E-state index contributed by atoms with van der Waals surface area (Å²) in [7, 11) is 0. The molecule has 0 bridgehead atoms. The summed E-state index contributed by atoms with van der Waals surface area (Å²) in [4.78, 5) is 23.3. The number of nitrogens with one attached hydrogen (secondary N) is 3. The number of halogens is 2. The highest BCUT2D eigenvalue weighted by atomic mass is 35.5. The molecule has 0 spiro atoms. The van der Waals surface area contributed by atoms with Gasteiger partial charge in [0.05, 0.1) is 5.69 Å². The number of hydrogen-bond donors (Lipinski definition) is 3. The van der Waals surface area contributed by atoms with Crippen molar-refractivity contribution in [1.29, 1.82) is 0 Å². The Morgan fingerprint density at radius 2 is 2.18 bits per heavy atom. The van der Waals surface area contributed by atoms with Gasteiger partial charge in [0, 0.05) is 24.6 Å². The van der Waals surface area contributed by atoms with Gasteiger partial charge >= 0.3 is 0 Å². The van der Waals surface area contributed by atoms with Crippen LogP contribution in [0.3, 0.4) is 0 Å². The minimum absolute atomic E-state index is 0. The van der Waals surface area contributed by atoms with Crippen LogP contribution in [0.1, 0.15) is 31.2 Å². The molecule has 2 aliphatic rings. The van der Waals surface area contributed by atoms with Gasteiger partial charge in [-0.1, -0.05) is 0 Å². The first-order chi connectivity index (χ1) is 10.1. The Kier molecular flexibility index (Phi) is 5.37. The van der Waals surface area contributed by atoms with E-state index in [2.05, 4.69) is 16.0 Å². The van der Waals surface area contributed by atoms with Gasteiger partial charge in [0.15, 0.2) is 0 Å². The number of rotatable bonds is 3. The molecule has 7 heteroatoms. The minimum atomic E-state index is -0.461. The van der Waals surface area contributed by atoms with E-state index in [1.165, 1.54) is 12.1 Å². The van der Waals surface area contributed by atoms with Crippen molar-refractivity contribution in [3.05, 3.63) is 23.5 Å². The second kappa shape index (κ2) is 7.07. The molecule has 2 amide bonds. The molecular weight excluding hydrogens is 309 g/mol. The van der Waals surface area contributed by atoms with Crippen LogP contribution in [0.25, 0.3) is 0 Å². The summed E-state index contributed by atoms with van der Waals surface area (Å²) < 4.78 is 14.0. The number of carbonyl (C=O) groups is 2. The minimum Gasteiger partial charge on any atom is -0.326 e. The third-order valence-electron chi connectivity index (χ3n) is 3.96. The number of amides is 2. The Hall–Kier alpha value is -1.66. The number of anilines is 2. The smallest absolute Gasteiger partial charge is 0.226 e. The molecule has 5 nitrogen and oxygen atoms in total. The molecule has 2 heterocycles. The molecule has 0 aliphatic carbocycles. The fourth-order valence-corrected chi connectivity index (χ4v) is 2.85. The maximum Gasteiger partial charge on any atom is 0.226 e. The zero-order valence-corrected chi connectivity index (χ0v) is 12.9. The van der Waals surface area contributed by atoms with Crippen molar-refractivity contribution < 1.29 is 14.0 Å². The number of fused-ring (bicyclic) bond motifs is 1. The summed E-state index contributed by atoms with van der Waals surface area (Å²) in [6, 6.07) is 3.06. The molecule has 0 saturated carbocycles. The number of aryl methyl sites for hydroxylation is 1. The third-order valence-corrected chi connectivity index (χ3v) is 3.96. The molecule has 22 heavy (non-hydrogen) atoms. The SMILES string of the molecule is Cl.O=C(CC1CCCN1)Nc1cc2c(cc1F)CCC(=O)N2. The zero-order valence-electron chi connectivity index (χ0n) is 12.1. The first kappa shape index (κ1) is 16.7. The van der Waals surface area contributed by atoms with Crippen molar-refractivity contribution in [2.24, 2.45) is 0 Å². The molecule has 1 saturated heterocycles. The Morgan fingerprint density at radius 1 is 1.36 bits per heavy atom. The average Bonchev–Trinajstić information content (AvgIpc) is 2.93. The number of hydrogen-bond acceptors (Lipinski definition) is 3. The van der Waals surface area contributed by atoms with Crippen LogP contribution >= 0.6 is 12.4 Å². The van der Waals surface area contributed by atoms with E-state index in [1.807, 2.05) is 0 Å².